The minimum atomic E-state index is -3.82. The van der Waals surface area contributed by atoms with E-state index in [0.29, 0.717) is 16.3 Å². The van der Waals surface area contributed by atoms with Crippen LogP contribution < -0.4 is 9.62 Å². The largest absolute Gasteiger partial charge is 0.350 e. The second-order valence-electron chi connectivity index (χ2n) is 9.22. The normalized spacial score (nSPS) is 12.7. The molecule has 1 atom stereocenters. The molecule has 2 amide bonds. The molecule has 0 saturated heterocycles. The maximum atomic E-state index is 13.6. The van der Waals surface area contributed by atoms with Crippen molar-refractivity contribution in [1.29, 1.82) is 0 Å². The minimum absolute atomic E-state index is 0.128. The van der Waals surface area contributed by atoms with Crippen molar-refractivity contribution < 1.29 is 18.0 Å². The zero-order chi connectivity index (χ0) is 25.8. The fourth-order valence-electron chi connectivity index (χ4n) is 3.35. The molecule has 34 heavy (non-hydrogen) atoms. The zero-order valence-electron chi connectivity index (χ0n) is 20.2. The van der Waals surface area contributed by atoms with Crippen molar-refractivity contribution in [1.82, 2.24) is 10.2 Å². The number of halogens is 2. The van der Waals surface area contributed by atoms with Crippen LogP contribution in [0.15, 0.2) is 46.9 Å². The van der Waals surface area contributed by atoms with Gasteiger partial charge in [0.1, 0.15) is 12.6 Å². The lowest BCUT2D eigenvalue weighted by molar-refractivity contribution is -0.140. The first kappa shape index (κ1) is 28.1. The fraction of sp³-hybridized carbons (Fsp3) is 0.417. The summed E-state index contributed by atoms with van der Waals surface area (Å²) in [6, 6.07) is 11.4. The molecule has 0 heterocycles. The summed E-state index contributed by atoms with van der Waals surface area (Å²) >= 11 is 9.63. The maximum absolute atomic E-state index is 13.6. The summed E-state index contributed by atoms with van der Waals surface area (Å²) in [4.78, 5) is 27.9. The van der Waals surface area contributed by atoms with Crippen LogP contribution in [-0.4, -0.2) is 49.5 Å². The Morgan fingerprint density at radius 1 is 1.15 bits per heavy atom. The summed E-state index contributed by atoms with van der Waals surface area (Å²) in [6.07, 6.45) is 1.04. The number of nitrogens with one attached hydrogen (secondary N) is 1. The van der Waals surface area contributed by atoms with Gasteiger partial charge < -0.3 is 10.2 Å². The summed E-state index contributed by atoms with van der Waals surface area (Å²) in [5.41, 5.74) is 1.16. The molecular formula is C24H31BrClN3O4S. The van der Waals surface area contributed by atoms with Crippen molar-refractivity contribution >= 4 is 55.1 Å². The lowest BCUT2D eigenvalue weighted by atomic mass is 10.1. The Morgan fingerprint density at radius 2 is 1.76 bits per heavy atom. The number of amides is 2. The van der Waals surface area contributed by atoms with Crippen LogP contribution in [-0.2, 0) is 26.2 Å². The Kier molecular flexibility index (Phi) is 9.18. The lowest BCUT2D eigenvalue weighted by Gasteiger charge is -2.33. The Bertz CT molecular complexity index is 1170. The van der Waals surface area contributed by atoms with Crippen molar-refractivity contribution in [2.75, 3.05) is 17.1 Å². The maximum Gasteiger partial charge on any atom is 0.244 e. The van der Waals surface area contributed by atoms with Crippen molar-refractivity contribution in [3.8, 4) is 0 Å². The van der Waals surface area contributed by atoms with Crippen LogP contribution in [0.2, 0.25) is 5.02 Å². The van der Waals surface area contributed by atoms with Gasteiger partial charge in [-0.25, -0.2) is 8.42 Å². The first-order chi connectivity index (χ1) is 15.6. The van der Waals surface area contributed by atoms with Gasteiger partial charge >= 0.3 is 0 Å². The van der Waals surface area contributed by atoms with Crippen LogP contribution in [0.3, 0.4) is 0 Å². The molecule has 2 aromatic rings. The molecule has 186 valence electrons. The molecule has 0 spiro atoms. The summed E-state index contributed by atoms with van der Waals surface area (Å²) < 4.78 is 27.2. The average molecular weight is 573 g/mol. The van der Waals surface area contributed by atoms with Crippen molar-refractivity contribution in [3.05, 3.63) is 63.1 Å². The van der Waals surface area contributed by atoms with Gasteiger partial charge in [0.15, 0.2) is 0 Å². The number of hydrogen-bond donors (Lipinski definition) is 1. The summed E-state index contributed by atoms with van der Waals surface area (Å²) in [7, 11) is -3.82. The second-order valence-corrected chi connectivity index (χ2v) is 12.5. The molecule has 0 aliphatic rings. The molecular weight excluding hydrogens is 542 g/mol. The molecule has 0 aromatic heterocycles. The van der Waals surface area contributed by atoms with Crippen molar-refractivity contribution in [2.24, 2.45) is 0 Å². The molecule has 2 rings (SSSR count). The molecule has 1 unspecified atom stereocenters. The molecule has 0 radical (unpaired) electrons. The van der Waals surface area contributed by atoms with Gasteiger partial charge in [0, 0.05) is 21.6 Å². The fourth-order valence-corrected chi connectivity index (χ4v) is 4.87. The predicted octanol–water partition coefficient (Wildman–Crippen LogP) is 4.51. The van der Waals surface area contributed by atoms with Crippen LogP contribution in [0.1, 0.15) is 38.8 Å². The molecule has 2 aromatic carbocycles. The van der Waals surface area contributed by atoms with Crippen LogP contribution in [0.5, 0.6) is 0 Å². The third kappa shape index (κ3) is 7.71. The van der Waals surface area contributed by atoms with Crippen LogP contribution >= 0.6 is 27.5 Å². The highest BCUT2D eigenvalue weighted by Crippen LogP contribution is 2.28. The quantitative estimate of drug-likeness (QED) is 0.504. The Labute approximate surface area is 215 Å². The molecule has 7 nitrogen and oxygen atoms in total. The molecule has 0 saturated carbocycles. The van der Waals surface area contributed by atoms with Gasteiger partial charge in [0.25, 0.3) is 0 Å². The number of rotatable bonds is 8. The van der Waals surface area contributed by atoms with Gasteiger partial charge in [-0.2, -0.15) is 0 Å². The minimum Gasteiger partial charge on any atom is -0.350 e. The highest BCUT2D eigenvalue weighted by Gasteiger charge is 2.32. The first-order valence-electron chi connectivity index (χ1n) is 10.7. The molecule has 0 fully saturated rings. The molecule has 0 aliphatic carbocycles. The van der Waals surface area contributed by atoms with E-state index in [1.54, 1.807) is 32.0 Å². The van der Waals surface area contributed by atoms with E-state index < -0.39 is 34.1 Å². The van der Waals surface area contributed by atoms with Crippen molar-refractivity contribution in [2.45, 2.75) is 52.7 Å². The van der Waals surface area contributed by atoms with E-state index in [1.165, 1.54) is 4.90 Å². The summed E-state index contributed by atoms with van der Waals surface area (Å²) in [5, 5.41) is 3.28. The number of nitrogens with zero attached hydrogens (tertiary/aromatic N) is 2. The summed E-state index contributed by atoms with van der Waals surface area (Å²) in [5.74, 6) is -0.845. The van der Waals surface area contributed by atoms with Crippen LogP contribution in [0.4, 0.5) is 5.69 Å². The molecule has 0 bridgehead atoms. The molecule has 10 heteroatoms. The van der Waals surface area contributed by atoms with Gasteiger partial charge in [0.2, 0.25) is 21.8 Å². The molecule has 1 N–H and O–H groups in total. The van der Waals surface area contributed by atoms with Crippen LogP contribution in [0, 0.1) is 6.92 Å². The van der Waals surface area contributed by atoms with E-state index in [2.05, 4.69) is 21.2 Å². The number of carbonyl (C=O) groups excluding carboxylic acids is 2. The monoisotopic (exact) mass is 571 g/mol. The Balaban J connectivity index is 2.45. The van der Waals surface area contributed by atoms with E-state index in [1.807, 2.05) is 45.0 Å². The van der Waals surface area contributed by atoms with E-state index in [0.717, 1.165) is 20.6 Å². The van der Waals surface area contributed by atoms with Gasteiger partial charge in [-0.15, -0.1) is 0 Å². The average Bonchev–Trinajstić information content (AvgIpc) is 2.70. The van der Waals surface area contributed by atoms with Gasteiger partial charge in [-0.05, 0) is 70.0 Å². The van der Waals surface area contributed by atoms with Gasteiger partial charge in [0.05, 0.1) is 11.9 Å². The smallest absolute Gasteiger partial charge is 0.244 e. The van der Waals surface area contributed by atoms with Crippen LogP contribution in [0.25, 0.3) is 0 Å². The Hall–Kier alpha value is -2.10. The van der Waals surface area contributed by atoms with E-state index >= 15 is 0 Å². The summed E-state index contributed by atoms with van der Waals surface area (Å²) in [6.45, 7) is 8.54. The zero-order valence-corrected chi connectivity index (χ0v) is 23.4. The number of benzene rings is 2. The topological polar surface area (TPSA) is 86.8 Å². The Morgan fingerprint density at radius 3 is 2.32 bits per heavy atom. The number of hydrogen-bond acceptors (Lipinski definition) is 4. The SMILES string of the molecule is Cc1c(Cl)cccc1N(CC(=O)N(Cc1cccc(Br)c1)C(C)C(=O)NC(C)(C)C)S(C)(=O)=O. The third-order valence-electron chi connectivity index (χ3n) is 5.09. The van der Waals surface area contributed by atoms with E-state index in [-0.39, 0.29) is 12.5 Å². The lowest BCUT2D eigenvalue weighted by Crippen LogP contribution is -2.54. The standard InChI is InChI=1S/C24H31BrClN3O4S/c1-16-20(26)11-8-12-21(16)29(34(6,32)33)15-22(30)28(14-18-9-7-10-19(25)13-18)17(2)23(31)27-24(3,4)5/h7-13,17H,14-15H2,1-6H3,(H,27,31). The third-order valence-corrected chi connectivity index (χ3v) is 7.12. The van der Waals surface area contributed by atoms with Gasteiger partial charge in [-0.3, -0.25) is 13.9 Å². The predicted molar refractivity (Wildman–Crippen MR) is 140 cm³/mol. The highest BCUT2D eigenvalue weighted by molar-refractivity contribution is 9.10. The first-order valence-corrected chi connectivity index (χ1v) is 13.7. The van der Waals surface area contributed by atoms with Crippen molar-refractivity contribution in [3.63, 3.8) is 0 Å². The molecule has 0 aliphatic heterocycles. The van der Waals surface area contributed by atoms with Gasteiger partial charge in [-0.1, -0.05) is 45.7 Å². The van der Waals surface area contributed by atoms with E-state index in [9.17, 15) is 18.0 Å². The highest BCUT2D eigenvalue weighted by atomic mass is 79.9. The van der Waals surface area contributed by atoms with E-state index in [4.69, 9.17) is 11.6 Å². The number of sulfonamides is 1. The number of carbonyl (C=O) groups is 2. The number of anilines is 1. The second kappa shape index (κ2) is 11.1.